The molecule has 0 unspecified atom stereocenters. The molecule has 0 aliphatic rings. The Morgan fingerprint density at radius 2 is 1.90 bits per heavy atom. The second-order valence-electron chi connectivity index (χ2n) is 1.87. The van der Waals surface area contributed by atoms with Crippen LogP contribution in [0.4, 0.5) is 13.2 Å². The van der Waals surface area contributed by atoms with Crippen molar-refractivity contribution >= 4 is 0 Å². The Hall–Kier alpha value is -0.990. The zero-order chi connectivity index (χ0) is 7.56. The third-order valence-electron chi connectivity index (χ3n) is 1.16. The summed E-state index contributed by atoms with van der Waals surface area (Å²) < 4.78 is 36.2. The van der Waals surface area contributed by atoms with Gasteiger partial charge in [-0.2, -0.15) is 0 Å². The highest BCUT2D eigenvalue weighted by Crippen LogP contribution is 2.09. The van der Waals surface area contributed by atoms with Gasteiger partial charge in [-0.15, -0.1) is 0 Å². The average molecular weight is 146 g/mol. The number of halogens is 3. The van der Waals surface area contributed by atoms with Gasteiger partial charge >= 0.3 is 0 Å². The minimum absolute atomic E-state index is 0.110. The number of hydrogen-bond acceptors (Lipinski definition) is 0. The quantitative estimate of drug-likeness (QED) is 0.570. The smallest absolute Gasteiger partial charge is 0.131 e. The van der Waals surface area contributed by atoms with E-state index in [1.54, 1.807) is 0 Å². The largest absolute Gasteiger partial charge is 0.246 e. The van der Waals surface area contributed by atoms with E-state index in [0.29, 0.717) is 6.07 Å². The van der Waals surface area contributed by atoms with Crippen molar-refractivity contribution in [3.8, 4) is 0 Å². The Bertz CT molecular complexity index is 232. The summed E-state index contributed by atoms with van der Waals surface area (Å²) in [5, 5.41) is 0. The van der Waals surface area contributed by atoms with E-state index < -0.39 is 18.3 Å². The minimum atomic E-state index is -0.897. The molecule has 0 saturated heterocycles. The molecule has 0 N–H and O–H groups in total. The molecular weight excluding hydrogens is 141 g/mol. The molecule has 0 fully saturated rings. The van der Waals surface area contributed by atoms with E-state index in [-0.39, 0.29) is 5.56 Å². The number of hydrogen-bond donors (Lipinski definition) is 0. The molecule has 0 atom stereocenters. The molecule has 0 saturated carbocycles. The lowest BCUT2D eigenvalue weighted by Gasteiger charge is -1.94. The van der Waals surface area contributed by atoms with Crippen LogP contribution in [0, 0.1) is 11.6 Å². The Morgan fingerprint density at radius 1 is 1.20 bits per heavy atom. The van der Waals surface area contributed by atoms with Gasteiger partial charge in [0.1, 0.15) is 18.3 Å². The van der Waals surface area contributed by atoms with Crippen molar-refractivity contribution in [2.24, 2.45) is 0 Å². The monoisotopic (exact) mass is 146 g/mol. The molecule has 0 nitrogen and oxygen atoms in total. The van der Waals surface area contributed by atoms with Crippen LogP contribution in [-0.2, 0) is 6.67 Å². The summed E-state index contributed by atoms with van der Waals surface area (Å²) in [5.74, 6) is -1.52. The van der Waals surface area contributed by atoms with Gasteiger partial charge in [-0.1, -0.05) is 6.07 Å². The Balaban J connectivity index is 3.07. The molecule has 0 radical (unpaired) electrons. The van der Waals surface area contributed by atoms with Crippen molar-refractivity contribution in [2.75, 3.05) is 0 Å². The summed E-state index contributed by atoms with van der Waals surface area (Å²) in [6, 6.07) is 2.78. The van der Waals surface area contributed by atoms with E-state index in [9.17, 15) is 13.2 Å². The summed E-state index contributed by atoms with van der Waals surface area (Å²) in [5.41, 5.74) is -0.110. The molecule has 0 aromatic heterocycles. The van der Waals surface area contributed by atoms with Crippen LogP contribution < -0.4 is 0 Å². The standard InChI is InChI=1S/C7H5F3/c8-4-5-1-2-6(9)3-7(5)10/h1-3H,4H2. The highest BCUT2D eigenvalue weighted by Gasteiger charge is 2.01. The highest BCUT2D eigenvalue weighted by atomic mass is 19.1. The molecule has 1 rings (SSSR count). The Labute approximate surface area is 56.3 Å². The Kier molecular flexibility index (Phi) is 1.94. The van der Waals surface area contributed by atoms with Crippen LogP contribution in [-0.4, -0.2) is 0 Å². The molecule has 3 heteroatoms. The molecule has 0 aliphatic carbocycles. The van der Waals surface area contributed by atoms with E-state index in [4.69, 9.17) is 0 Å². The third kappa shape index (κ3) is 1.29. The topological polar surface area (TPSA) is 0 Å². The van der Waals surface area contributed by atoms with Crippen molar-refractivity contribution in [1.82, 2.24) is 0 Å². The molecular formula is C7H5F3. The molecule has 0 amide bonds. The van der Waals surface area contributed by atoms with Crippen LogP contribution >= 0.6 is 0 Å². The first-order valence-corrected chi connectivity index (χ1v) is 2.74. The maximum Gasteiger partial charge on any atom is 0.131 e. The van der Waals surface area contributed by atoms with Gasteiger partial charge in [0.2, 0.25) is 0 Å². The molecule has 54 valence electrons. The van der Waals surface area contributed by atoms with Crippen molar-refractivity contribution in [1.29, 1.82) is 0 Å². The van der Waals surface area contributed by atoms with Crippen LogP contribution in [0.1, 0.15) is 5.56 Å². The van der Waals surface area contributed by atoms with E-state index >= 15 is 0 Å². The van der Waals surface area contributed by atoms with E-state index in [1.165, 1.54) is 0 Å². The number of benzene rings is 1. The lowest BCUT2D eigenvalue weighted by molar-refractivity contribution is 0.460. The summed E-state index contributed by atoms with van der Waals surface area (Å²) >= 11 is 0. The van der Waals surface area contributed by atoms with Gasteiger partial charge < -0.3 is 0 Å². The third-order valence-corrected chi connectivity index (χ3v) is 1.16. The molecule has 0 bridgehead atoms. The maximum atomic E-state index is 12.4. The van der Waals surface area contributed by atoms with Gasteiger partial charge in [-0.25, -0.2) is 13.2 Å². The van der Waals surface area contributed by atoms with Gasteiger partial charge in [0.15, 0.2) is 0 Å². The lowest BCUT2D eigenvalue weighted by Crippen LogP contribution is -1.86. The fourth-order valence-corrected chi connectivity index (χ4v) is 0.630. The summed E-state index contributed by atoms with van der Waals surface area (Å²) in [6.45, 7) is -0.897. The predicted molar refractivity (Wildman–Crippen MR) is 31.2 cm³/mol. The lowest BCUT2D eigenvalue weighted by atomic mass is 10.2. The first-order chi connectivity index (χ1) is 4.74. The molecule has 1 aromatic carbocycles. The van der Waals surface area contributed by atoms with Crippen LogP contribution in [0.5, 0.6) is 0 Å². The maximum absolute atomic E-state index is 12.4. The van der Waals surface area contributed by atoms with Crippen LogP contribution in [0.25, 0.3) is 0 Å². The SMILES string of the molecule is FCc1ccc(F)cc1F. The van der Waals surface area contributed by atoms with E-state index in [0.717, 1.165) is 12.1 Å². The number of rotatable bonds is 1. The fraction of sp³-hybridized carbons (Fsp3) is 0.143. The van der Waals surface area contributed by atoms with Crippen LogP contribution in [0.3, 0.4) is 0 Å². The average Bonchev–Trinajstić information content (AvgIpc) is 1.88. The predicted octanol–water partition coefficient (Wildman–Crippen LogP) is 2.43. The molecule has 1 aromatic rings. The van der Waals surface area contributed by atoms with Gasteiger partial charge in [0.05, 0.1) is 0 Å². The van der Waals surface area contributed by atoms with E-state index in [2.05, 4.69) is 0 Å². The second kappa shape index (κ2) is 2.73. The summed E-state index contributed by atoms with van der Waals surface area (Å²) in [6.07, 6.45) is 0. The first-order valence-electron chi connectivity index (χ1n) is 2.74. The van der Waals surface area contributed by atoms with Gasteiger partial charge in [-0.05, 0) is 6.07 Å². The summed E-state index contributed by atoms with van der Waals surface area (Å²) in [4.78, 5) is 0. The Morgan fingerprint density at radius 3 is 2.40 bits per heavy atom. The van der Waals surface area contributed by atoms with Crippen LogP contribution in [0.15, 0.2) is 18.2 Å². The fourth-order valence-electron chi connectivity index (χ4n) is 0.630. The molecule has 0 heterocycles. The van der Waals surface area contributed by atoms with Crippen molar-refractivity contribution in [3.63, 3.8) is 0 Å². The molecule has 0 aliphatic heterocycles. The van der Waals surface area contributed by atoms with E-state index in [1.807, 2.05) is 0 Å². The first kappa shape index (κ1) is 7.12. The summed E-state index contributed by atoms with van der Waals surface area (Å²) in [7, 11) is 0. The van der Waals surface area contributed by atoms with Crippen LogP contribution in [0.2, 0.25) is 0 Å². The molecule has 0 spiro atoms. The van der Waals surface area contributed by atoms with Gasteiger partial charge in [-0.3, -0.25) is 0 Å². The highest BCUT2D eigenvalue weighted by molar-refractivity contribution is 5.17. The normalized spacial score (nSPS) is 9.90. The molecule has 10 heavy (non-hydrogen) atoms. The second-order valence-corrected chi connectivity index (χ2v) is 1.87. The van der Waals surface area contributed by atoms with Crippen molar-refractivity contribution in [3.05, 3.63) is 35.4 Å². The zero-order valence-corrected chi connectivity index (χ0v) is 5.07. The zero-order valence-electron chi connectivity index (χ0n) is 5.07. The van der Waals surface area contributed by atoms with Gasteiger partial charge in [0.25, 0.3) is 0 Å². The van der Waals surface area contributed by atoms with Crippen molar-refractivity contribution < 1.29 is 13.2 Å². The van der Waals surface area contributed by atoms with Gasteiger partial charge in [0, 0.05) is 11.6 Å². The minimum Gasteiger partial charge on any atom is -0.246 e. The van der Waals surface area contributed by atoms with Crippen molar-refractivity contribution in [2.45, 2.75) is 6.67 Å². The number of alkyl halides is 1.